The van der Waals surface area contributed by atoms with Crippen LogP contribution in [0, 0.1) is 17.3 Å². The molecule has 1 amide bonds. The zero-order valence-electron chi connectivity index (χ0n) is 11.7. The average Bonchev–Trinajstić information content (AvgIpc) is 2.93. The second-order valence-electron chi connectivity index (χ2n) is 5.90. The molecular weight excluding hydrogens is 278 g/mol. The van der Waals surface area contributed by atoms with Gasteiger partial charge in [-0.3, -0.25) is 9.59 Å². The van der Waals surface area contributed by atoms with E-state index in [0.29, 0.717) is 5.02 Å². The number of aliphatic carboxylic acids is 1. The lowest BCUT2D eigenvalue weighted by Gasteiger charge is -2.15. The van der Waals surface area contributed by atoms with Gasteiger partial charge in [-0.05, 0) is 30.0 Å². The molecule has 1 aromatic rings. The van der Waals surface area contributed by atoms with Crippen molar-refractivity contribution in [1.82, 2.24) is 5.32 Å². The second kappa shape index (κ2) is 5.09. The van der Waals surface area contributed by atoms with Crippen molar-refractivity contribution in [3.8, 4) is 0 Å². The molecule has 2 unspecified atom stereocenters. The Bertz CT molecular complexity index is 539. The highest BCUT2D eigenvalue weighted by Gasteiger charge is 2.65. The molecule has 0 aliphatic heterocycles. The van der Waals surface area contributed by atoms with Crippen LogP contribution < -0.4 is 5.32 Å². The Labute approximate surface area is 123 Å². The summed E-state index contributed by atoms with van der Waals surface area (Å²) in [5.74, 6) is -2.17. The number of benzene rings is 1. The molecule has 1 aliphatic carbocycles. The highest BCUT2D eigenvalue weighted by Crippen LogP contribution is 2.58. The van der Waals surface area contributed by atoms with Gasteiger partial charge in [0.15, 0.2) is 0 Å². The second-order valence-corrected chi connectivity index (χ2v) is 6.33. The van der Waals surface area contributed by atoms with Gasteiger partial charge in [0.1, 0.15) is 0 Å². The fourth-order valence-corrected chi connectivity index (χ4v) is 2.85. The first-order valence-electron chi connectivity index (χ1n) is 6.53. The van der Waals surface area contributed by atoms with Crippen LogP contribution in [0.1, 0.15) is 32.4 Å². The number of halogens is 1. The number of nitrogens with one attached hydrogen (secondary N) is 1. The zero-order chi connectivity index (χ0) is 15.1. The maximum atomic E-state index is 12.2. The fraction of sp³-hybridized carbons (Fsp3) is 0.467. The highest BCUT2D eigenvalue weighted by molar-refractivity contribution is 6.30. The lowest BCUT2D eigenvalue weighted by atomic mass is 10.1. The van der Waals surface area contributed by atoms with Crippen molar-refractivity contribution in [2.24, 2.45) is 17.3 Å². The van der Waals surface area contributed by atoms with Gasteiger partial charge in [-0.1, -0.05) is 37.6 Å². The predicted octanol–water partition coefficient (Wildman–Crippen LogP) is 2.87. The van der Waals surface area contributed by atoms with Crippen molar-refractivity contribution in [2.75, 3.05) is 0 Å². The Balaban J connectivity index is 2.02. The van der Waals surface area contributed by atoms with Crippen molar-refractivity contribution in [1.29, 1.82) is 0 Å². The van der Waals surface area contributed by atoms with Gasteiger partial charge in [-0.2, -0.15) is 0 Å². The largest absolute Gasteiger partial charge is 0.481 e. The first-order valence-corrected chi connectivity index (χ1v) is 6.91. The molecule has 20 heavy (non-hydrogen) atoms. The molecule has 4 nitrogen and oxygen atoms in total. The molecule has 0 aromatic heterocycles. The summed E-state index contributed by atoms with van der Waals surface area (Å²) in [7, 11) is 0. The summed E-state index contributed by atoms with van der Waals surface area (Å²) in [5.41, 5.74) is 0.461. The standard InChI is InChI=1S/C15H18ClNO3/c1-8(9-4-6-10(16)7-5-9)17-13(18)11-12(14(19)20)15(11,2)3/h4-8,11-12H,1-3H3,(H,17,18)(H,19,20)/t8-,11?,12?/m0/s1. The molecule has 0 bridgehead atoms. The molecule has 0 saturated heterocycles. The maximum Gasteiger partial charge on any atom is 0.307 e. The van der Waals surface area contributed by atoms with Gasteiger partial charge >= 0.3 is 5.97 Å². The Morgan fingerprint density at radius 1 is 1.25 bits per heavy atom. The molecule has 2 rings (SSSR count). The molecule has 0 heterocycles. The third-order valence-electron chi connectivity index (χ3n) is 4.10. The fourth-order valence-electron chi connectivity index (χ4n) is 2.73. The number of carbonyl (C=O) groups excluding carboxylic acids is 1. The topological polar surface area (TPSA) is 66.4 Å². The summed E-state index contributed by atoms with van der Waals surface area (Å²) in [4.78, 5) is 23.3. The summed E-state index contributed by atoms with van der Waals surface area (Å²) >= 11 is 5.82. The van der Waals surface area contributed by atoms with Gasteiger partial charge in [-0.15, -0.1) is 0 Å². The minimum Gasteiger partial charge on any atom is -0.481 e. The Morgan fingerprint density at radius 2 is 1.80 bits per heavy atom. The van der Waals surface area contributed by atoms with E-state index in [-0.39, 0.29) is 11.9 Å². The Kier molecular flexibility index (Phi) is 3.78. The van der Waals surface area contributed by atoms with Crippen molar-refractivity contribution in [3.05, 3.63) is 34.9 Å². The van der Waals surface area contributed by atoms with Crippen LogP contribution in [0.25, 0.3) is 0 Å². The van der Waals surface area contributed by atoms with Gasteiger partial charge in [0, 0.05) is 5.02 Å². The van der Waals surface area contributed by atoms with E-state index in [2.05, 4.69) is 5.32 Å². The molecule has 108 valence electrons. The number of hydrogen-bond acceptors (Lipinski definition) is 2. The van der Waals surface area contributed by atoms with Gasteiger partial charge < -0.3 is 10.4 Å². The van der Waals surface area contributed by atoms with E-state index in [1.807, 2.05) is 32.9 Å². The summed E-state index contributed by atoms with van der Waals surface area (Å²) in [6.45, 7) is 5.48. The van der Waals surface area contributed by atoms with Crippen LogP contribution in [0.2, 0.25) is 5.02 Å². The van der Waals surface area contributed by atoms with E-state index in [1.165, 1.54) is 0 Å². The molecule has 1 fully saturated rings. The SMILES string of the molecule is C[C@H](NC(=O)C1C(C(=O)O)C1(C)C)c1ccc(Cl)cc1. The van der Waals surface area contributed by atoms with Crippen molar-refractivity contribution in [3.63, 3.8) is 0 Å². The average molecular weight is 296 g/mol. The smallest absolute Gasteiger partial charge is 0.307 e. The van der Waals surface area contributed by atoms with Gasteiger partial charge in [0.25, 0.3) is 0 Å². The van der Waals surface area contributed by atoms with Crippen LogP contribution in [0.4, 0.5) is 0 Å². The van der Waals surface area contributed by atoms with Crippen molar-refractivity contribution < 1.29 is 14.7 Å². The third-order valence-corrected chi connectivity index (χ3v) is 4.36. The number of carbonyl (C=O) groups is 2. The Hall–Kier alpha value is -1.55. The van der Waals surface area contributed by atoms with Crippen LogP contribution in [-0.2, 0) is 9.59 Å². The van der Waals surface area contributed by atoms with Gasteiger partial charge in [-0.25, -0.2) is 0 Å². The van der Waals surface area contributed by atoms with Crippen LogP contribution in [0.5, 0.6) is 0 Å². The molecule has 2 N–H and O–H groups in total. The zero-order valence-corrected chi connectivity index (χ0v) is 12.4. The quantitative estimate of drug-likeness (QED) is 0.897. The normalized spacial score (nSPS) is 24.8. The van der Waals surface area contributed by atoms with Crippen LogP contribution in [0.15, 0.2) is 24.3 Å². The summed E-state index contributed by atoms with van der Waals surface area (Å²) in [5, 5.41) is 12.6. The van der Waals surface area contributed by atoms with Crippen molar-refractivity contribution in [2.45, 2.75) is 26.8 Å². The lowest BCUT2D eigenvalue weighted by Crippen LogP contribution is -2.29. The van der Waals surface area contributed by atoms with E-state index in [4.69, 9.17) is 16.7 Å². The van der Waals surface area contributed by atoms with Gasteiger partial charge in [0.05, 0.1) is 17.9 Å². The minimum absolute atomic E-state index is 0.175. The Morgan fingerprint density at radius 3 is 2.25 bits per heavy atom. The molecule has 1 aromatic carbocycles. The summed E-state index contributed by atoms with van der Waals surface area (Å²) < 4.78 is 0. The predicted molar refractivity (Wildman–Crippen MR) is 76.4 cm³/mol. The first-order chi connectivity index (χ1) is 9.25. The molecular formula is C15H18ClNO3. The maximum absolute atomic E-state index is 12.2. The molecule has 0 radical (unpaired) electrons. The summed E-state index contributed by atoms with van der Waals surface area (Å²) in [6.07, 6.45) is 0. The lowest BCUT2D eigenvalue weighted by molar-refractivity contribution is -0.140. The van der Waals surface area contributed by atoms with Crippen LogP contribution in [0.3, 0.4) is 0 Å². The number of amides is 1. The minimum atomic E-state index is -0.908. The van der Waals surface area contributed by atoms with Crippen molar-refractivity contribution >= 4 is 23.5 Å². The van der Waals surface area contributed by atoms with E-state index in [9.17, 15) is 9.59 Å². The van der Waals surface area contributed by atoms with Crippen LogP contribution in [-0.4, -0.2) is 17.0 Å². The van der Waals surface area contributed by atoms with E-state index < -0.39 is 23.2 Å². The molecule has 1 saturated carbocycles. The van der Waals surface area contributed by atoms with E-state index in [0.717, 1.165) is 5.56 Å². The number of carboxylic acids is 1. The van der Waals surface area contributed by atoms with Gasteiger partial charge in [0.2, 0.25) is 5.91 Å². The number of hydrogen-bond donors (Lipinski definition) is 2. The monoisotopic (exact) mass is 295 g/mol. The number of carboxylic acid groups (broad SMARTS) is 1. The summed E-state index contributed by atoms with van der Waals surface area (Å²) in [6, 6.07) is 7.05. The molecule has 3 atom stereocenters. The van der Waals surface area contributed by atoms with E-state index >= 15 is 0 Å². The molecule has 0 spiro atoms. The first kappa shape index (κ1) is 14.9. The molecule has 1 aliphatic rings. The third kappa shape index (κ3) is 2.66. The molecule has 5 heteroatoms. The van der Waals surface area contributed by atoms with E-state index in [1.54, 1.807) is 12.1 Å². The number of rotatable bonds is 4. The highest BCUT2D eigenvalue weighted by atomic mass is 35.5. The van der Waals surface area contributed by atoms with Crippen LogP contribution >= 0.6 is 11.6 Å².